The van der Waals surface area contributed by atoms with Crippen molar-refractivity contribution in [3.63, 3.8) is 0 Å². The van der Waals surface area contributed by atoms with E-state index < -0.39 is 0 Å². The highest BCUT2D eigenvalue weighted by Gasteiger charge is 2.14. The van der Waals surface area contributed by atoms with Crippen molar-refractivity contribution in [1.29, 1.82) is 0 Å². The first kappa shape index (κ1) is 18.2. The van der Waals surface area contributed by atoms with E-state index >= 15 is 0 Å². The van der Waals surface area contributed by atoms with Gasteiger partial charge in [-0.25, -0.2) is 0 Å². The Hall–Kier alpha value is -2.13. The molecule has 1 aromatic heterocycles. The average molecular weight is 351 g/mol. The first-order chi connectivity index (χ1) is 11.8. The van der Waals surface area contributed by atoms with Crippen molar-refractivity contribution in [2.24, 2.45) is 0 Å². The Morgan fingerprint density at radius 2 is 2.21 bits per heavy atom. The van der Waals surface area contributed by atoms with Gasteiger partial charge in [0.1, 0.15) is 11.4 Å². The van der Waals surface area contributed by atoms with Crippen LogP contribution in [0.5, 0.6) is 5.75 Å². The number of benzene rings is 1. The van der Waals surface area contributed by atoms with Crippen LogP contribution in [0.4, 0.5) is 0 Å². The minimum absolute atomic E-state index is 0.0660. The minimum Gasteiger partial charge on any atom is -0.492 e. The van der Waals surface area contributed by atoms with Crippen molar-refractivity contribution in [2.45, 2.75) is 18.5 Å². The second kappa shape index (κ2) is 9.89. The van der Waals surface area contributed by atoms with Gasteiger partial charge in [0, 0.05) is 20.3 Å². The van der Waals surface area contributed by atoms with E-state index in [2.05, 4.69) is 20.8 Å². The van der Waals surface area contributed by atoms with Crippen LogP contribution < -0.4 is 10.1 Å². The molecule has 130 valence electrons. The zero-order valence-corrected chi connectivity index (χ0v) is 14.6. The van der Waals surface area contributed by atoms with Gasteiger partial charge in [0.05, 0.1) is 12.4 Å². The molecule has 0 aliphatic carbocycles. The SMILES string of the molecule is CCOc1ccccc1-n1nnnc1SCC(=O)NCCCOC. The number of nitrogens with zero attached hydrogens (tertiary/aromatic N) is 4. The van der Waals surface area contributed by atoms with Gasteiger partial charge in [-0.05, 0) is 35.9 Å². The topological polar surface area (TPSA) is 91.2 Å². The first-order valence-corrected chi connectivity index (χ1v) is 8.63. The Morgan fingerprint density at radius 3 is 3.00 bits per heavy atom. The molecule has 1 aromatic carbocycles. The van der Waals surface area contributed by atoms with Crippen molar-refractivity contribution in [1.82, 2.24) is 25.5 Å². The Balaban J connectivity index is 1.97. The molecule has 2 aromatic rings. The zero-order valence-electron chi connectivity index (χ0n) is 13.8. The van der Waals surface area contributed by atoms with Gasteiger partial charge >= 0.3 is 0 Å². The normalized spacial score (nSPS) is 10.6. The highest BCUT2D eigenvalue weighted by Crippen LogP contribution is 2.25. The number of aromatic nitrogens is 4. The highest BCUT2D eigenvalue weighted by atomic mass is 32.2. The third kappa shape index (κ3) is 5.20. The molecule has 1 N–H and O–H groups in total. The number of nitrogens with one attached hydrogen (secondary N) is 1. The van der Waals surface area contributed by atoms with Gasteiger partial charge in [0.15, 0.2) is 0 Å². The number of amides is 1. The predicted molar refractivity (Wildman–Crippen MR) is 90.5 cm³/mol. The van der Waals surface area contributed by atoms with Crippen LogP contribution in [0.2, 0.25) is 0 Å². The summed E-state index contributed by atoms with van der Waals surface area (Å²) in [4.78, 5) is 11.8. The quantitative estimate of drug-likeness (QED) is 0.510. The molecule has 24 heavy (non-hydrogen) atoms. The van der Waals surface area contributed by atoms with Gasteiger partial charge < -0.3 is 14.8 Å². The molecule has 8 nitrogen and oxygen atoms in total. The number of hydrogen-bond donors (Lipinski definition) is 1. The lowest BCUT2D eigenvalue weighted by atomic mass is 10.3. The van der Waals surface area contributed by atoms with Crippen LogP contribution in [0.15, 0.2) is 29.4 Å². The maximum absolute atomic E-state index is 11.8. The number of rotatable bonds is 10. The van der Waals surface area contributed by atoms with Crippen LogP contribution in [0, 0.1) is 0 Å². The summed E-state index contributed by atoms with van der Waals surface area (Å²) < 4.78 is 12.1. The van der Waals surface area contributed by atoms with Crippen LogP contribution in [-0.2, 0) is 9.53 Å². The molecule has 0 unspecified atom stereocenters. The van der Waals surface area contributed by atoms with E-state index in [0.717, 1.165) is 12.1 Å². The molecule has 0 atom stereocenters. The molecule has 0 spiro atoms. The van der Waals surface area contributed by atoms with Crippen molar-refractivity contribution in [2.75, 3.05) is 32.6 Å². The van der Waals surface area contributed by atoms with Crippen LogP contribution in [0.25, 0.3) is 5.69 Å². The molecule has 2 rings (SSSR count). The van der Waals surface area contributed by atoms with Crippen molar-refractivity contribution >= 4 is 17.7 Å². The summed E-state index contributed by atoms with van der Waals surface area (Å²) in [5.74, 6) is 0.867. The van der Waals surface area contributed by atoms with Crippen LogP contribution >= 0.6 is 11.8 Å². The fourth-order valence-corrected chi connectivity index (χ4v) is 2.67. The predicted octanol–water partition coefficient (Wildman–Crippen LogP) is 1.31. The zero-order chi connectivity index (χ0) is 17.2. The fourth-order valence-electron chi connectivity index (χ4n) is 1.96. The van der Waals surface area contributed by atoms with E-state index in [4.69, 9.17) is 9.47 Å². The van der Waals surface area contributed by atoms with E-state index in [-0.39, 0.29) is 11.7 Å². The molecule has 0 saturated heterocycles. The lowest BCUT2D eigenvalue weighted by Gasteiger charge is -2.10. The Morgan fingerprint density at radius 1 is 1.38 bits per heavy atom. The van der Waals surface area contributed by atoms with E-state index in [1.54, 1.807) is 11.8 Å². The van der Waals surface area contributed by atoms with E-state index in [1.807, 2.05) is 31.2 Å². The number of carbonyl (C=O) groups excluding carboxylic acids is 1. The van der Waals surface area contributed by atoms with E-state index in [9.17, 15) is 4.79 Å². The molecule has 0 saturated carbocycles. The molecule has 0 aliphatic rings. The Labute approximate surface area is 144 Å². The number of para-hydroxylation sites is 2. The highest BCUT2D eigenvalue weighted by molar-refractivity contribution is 7.99. The monoisotopic (exact) mass is 351 g/mol. The molecule has 0 bridgehead atoms. The summed E-state index contributed by atoms with van der Waals surface area (Å²) in [6, 6.07) is 7.50. The third-order valence-electron chi connectivity index (χ3n) is 3.01. The second-order valence-corrected chi connectivity index (χ2v) is 5.70. The lowest BCUT2D eigenvalue weighted by Crippen LogP contribution is -2.27. The summed E-state index contributed by atoms with van der Waals surface area (Å²) in [5.41, 5.74) is 0.743. The lowest BCUT2D eigenvalue weighted by molar-refractivity contribution is -0.118. The van der Waals surface area contributed by atoms with Crippen molar-refractivity contribution in [3.05, 3.63) is 24.3 Å². The Bertz CT molecular complexity index is 650. The minimum atomic E-state index is -0.0660. The molecule has 1 amide bonds. The summed E-state index contributed by atoms with van der Waals surface area (Å²) in [6.07, 6.45) is 0.784. The molecular formula is C15H21N5O3S. The number of ether oxygens (including phenoxy) is 2. The third-order valence-corrected chi connectivity index (χ3v) is 3.93. The van der Waals surface area contributed by atoms with E-state index in [1.165, 1.54) is 11.8 Å². The van der Waals surface area contributed by atoms with Gasteiger partial charge in [-0.1, -0.05) is 23.9 Å². The van der Waals surface area contributed by atoms with Gasteiger partial charge in [-0.15, -0.1) is 5.10 Å². The van der Waals surface area contributed by atoms with Crippen molar-refractivity contribution in [3.8, 4) is 11.4 Å². The van der Waals surface area contributed by atoms with Gasteiger partial charge in [-0.3, -0.25) is 4.79 Å². The van der Waals surface area contributed by atoms with Crippen molar-refractivity contribution < 1.29 is 14.3 Å². The van der Waals surface area contributed by atoms with Crippen LogP contribution in [0.3, 0.4) is 0 Å². The second-order valence-electron chi connectivity index (χ2n) is 4.76. The van der Waals surface area contributed by atoms with Crippen LogP contribution in [0.1, 0.15) is 13.3 Å². The molecule has 0 radical (unpaired) electrons. The maximum atomic E-state index is 11.8. The first-order valence-electron chi connectivity index (χ1n) is 7.65. The molecule has 1 heterocycles. The van der Waals surface area contributed by atoms with Gasteiger partial charge in [-0.2, -0.15) is 4.68 Å². The average Bonchev–Trinajstić information content (AvgIpc) is 3.06. The number of carbonyl (C=O) groups is 1. The Kier molecular flexibility index (Phi) is 7.50. The van der Waals surface area contributed by atoms with Crippen LogP contribution in [-0.4, -0.2) is 58.7 Å². The van der Waals surface area contributed by atoms with Gasteiger partial charge in [0.25, 0.3) is 0 Å². The molecule has 0 fully saturated rings. The molecular weight excluding hydrogens is 330 g/mol. The standard InChI is InChI=1S/C15H21N5O3S/c1-3-23-13-8-5-4-7-12(13)20-15(17-18-19-20)24-11-14(21)16-9-6-10-22-2/h4-5,7-8H,3,6,9-11H2,1-2H3,(H,16,21). The summed E-state index contributed by atoms with van der Waals surface area (Å²) in [6.45, 7) is 3.68. The number of methoxy groups -OCH3 is 1. The number of tetrazole rings is 1. The molecule has 9 heteroatoms. The number of thioether (sulfide) groups is 1. The maximum Gasteiger partial charge on any atom is 0.230 e. The molecule has 0 aliphatic heterocycles. The summed E-state index contributed by atoms with van der Waals surface area (Å²) in [5, 5.41) is 15.1. The number of hydrogen-bond acceptors (Lipinski definition) is 7. The van der Waals surface area contributed by atoms with Gasteiger partial charge in [0.2, 0.25) is 11.1 Å². The largest absolute Gasteiger partial charge is 0.492 e. The summed E-state index contributed by atoms with van der Waals surface area (Å²) >= 11 is 1.28. The summed E-state index contributed by atoms with van der Waals surface area (Å²) in [7, 11) is 1.64. The van der Waals surface area contributed by atoms with E-state index in [0.29, 0.717) is 30.7 Å². The fraction of sp³-hybridized carbons (Fsp3) is 0.467. The smallest absolute Gasteiger partial charge is 0.230 e.